The molecule has 0 saturated carbocycles. The van der Waals surface area contributed by atoms with Crippen molar-refractivity contribution in [3.05, 3.63) is 36.1 Å². The van der Waals surface area contributed by atoms with E-state index in [1.165, 1.54) is 11.8 Å². The van der Waals surface area contributed by atoms with Crippen molar-refractivity contribution >= 4 is 22.8 Å². The van der Waals surface area contributed by atoms with Gasteiger partial charge in [-0.1, -0.05) is 36.1 Å². The maximum atomic E-state index is 11.9. The highest BCUT2D eigenvalue weighted by Crippen LogP contribution is 2.42. The number of rotatable bonds is 10. The van der Waals surface area contributed by atoms with Gasteiger partial charge in [0.25, 0.3) is 0 Å². The number of morpholine rings is 1. The van der Waals surface area contributed by atoms with Gasteiger partial charge in [0.05, 0.1) is 24.6 Å². The molecule has 0 aliphatic carbocycles. The minimum atomic E-state index is -0.489. The molecule has 2 heterocycles. The fourth-order valence-corrected chi connectivity index (χ4v) is 4.02. The SMILES string of the molecule is C=C/C(C)=C/C1(C)SC(=O)C=C1OCCCNC(=O)CCN1CCOCC1. The number of ether oxygens (including phenoxy) is 2. The summed E-state index contributed by atoms with van der Waals surface area (Å²) in [4.78, 5) is 26.0. The molecule has 27 heavy (non-hydrogen) atoms. The van der Waals surface area contributed by atoms with E-state index < -0.39 is 4.75 Å². The third-order valence-electron chi connectivity index (χ3n) is 4.54. The maximum Gasteiger partial charge on any atom is 0.221 e. The summed E-state index contributed by atoms with van der Waals surface area (Å²) in [6, 6.07) is 0. The Bertz CT molecular complexity index is 611. The van der Waals surface area contributed by atoms with Gasteiger partial charge in [-0.15, -0.1) is 0 Å². The van der Waals surface area contributed by atoms with Crippen molar-refractivity contribution in [2.24, 2.45) is 0 Å². The van der Waals surface area contributed by atoms with Crippen LogP contribution in [-0.2, 0) is 19.1 Å². The lowest BCUT2D eigenvalue weighted by atomic mass is 10.0. The van der Waals surface area contributed by atoms with E-state index in [1.54, 1.807) is 12.2 Å². The summed E-state index contributed by atoms with van der Waals surface area (Å²) < 4.78 is 10.6. The first-order valence-corrected chi connectivity index (χ1v) is 10.2. The molecule has 1 N–H and O–H groups in total. The van der Waals surface area contributed by atoms with Gasteiger partial charge in [0, 0.05) is 38.7 Å². The highest BCUT2D eigenvalue weighted by atomic mass is 32.2. The van der Waals surface area contributed by atoms with Gasteiger partial charge >= 0.3 is 0 Å². The number of nitrogens with one attached hydrogen (secondary N) is 1. The molecule has 0 spiro atoms. The summed E-state index contributed by atoms with van der Waals surface area (Å²) in [6.45, 7) is 12.7. The number of nitrogens with zero attached hydrogens (tertiary/aromatic N) is 1. The summed E-state index contributed by atoms with van der Waals surface area (Å²) in [7, 11) is 0. The zero-order valence-electron chi connectivity index (χ0n) is 16.3. The monoisotopic (exact) mass is 394 g/mol. The molecule has 2 aliphatic rings. The molecule has 7 heteroatoms. The normalized spacial score (nSPS) is 23.9. The number of carbonyl (C=O) groups is 2. The predicted octanol–water partition coefficient (Wildman–Crippen LogP) is 2.28. The van der Waals surface area contributed by atoms with Crippen molar-refractivity contribution in [3.8, 4) is 0 Å². The Morgan fingerprint density at radius 1 is 1.48 bits per heavy atom. The third kappa shape index (κ3) is 7.16. The Labute approximate surface area is 166 Å². The van der Waals surface area contributed by atoms with Crippen LogP contribution >= 0.6 is 11.8 Å². The summed E-state index contributed by atoms with van der Waals surface area (Å²) in [5, 5.41) is 2.92. The van der Waals surface area contributed by atoms with Crippen LogP contribution in [0.25, 0.3) is 0 Å². The van der Waals surface area contributed by atoms with Gasteiger partial charge in [-0.25, -0.2) is 0 Å². The summed E-state index contributed by atoms with van der Waals surface area (Å²) in [5.41, 5.74) is 1.00. The van der Waals surface area contributed by atoms with E-state index in [1.807, 2.05) is 19.9 Å². The molecule has 1 fully saturated rings. The molecule has 0 bridgehead atoms. The topological polar surface area (TPSA) is 67.9 Å². The smallest absolute Gasteiger partial charge is 0.221 e. The second kappa shape index (κ2) is 10.7. The molecule has 2 aliphatic heterocycles. The van der Waals surface area contributed by atoms with E-state index in [4.69, 9.17) is 9.47 Å². The summed E-state index contributed by atoms with van der Waals surface area (Å²) >= 11 is 1.24. The molecule has 2 rings (SSSR count). The first-order valence-electron chi connectivity index (χ1n) is 9.39. The summed E-state index contributed by atoms with van der Waals surface area (Å²) in [6.07, 6.45) is 6.51. The van der Waals surface area contributed by atoms with Gasteiger partial charge in [0.2, 0.25) is 11.0 Å². The van der Waals surface area contributed by atoms with Crippen LogP contribution in [0, 0.1) is 0 Å². The zero-order chi connectivity index (χ0) is 19.7. The number of hydrogen-bond acceptors (Lipinski definition) is 6. The highest BCUT2D eigenvalue weighted by molar-refractivity contribution is 8.15. The van der Waals surface area contributed by atoms with E-state index in [0.29, 0.717) is 31.8 Å². The fraction of sp³-hybridized carbons (Fsp3) is 0.600. The zero-order valence-corrected chi connectivity index (χ0v) is 17.1. The number of carbonyl (C=O) groups excluding carboxylic acids is 2. The number of hydrogen-bond donors (Lipinski definition) is 1. The van der Waals surface area contributed by atoms with Crippen molar-refractivity contribution in [3.63, 3.8) is 0 Å². The third-order valence-corrected chi connectivity index (χ3v) is 5.60. The van der Waals surface area contributed by atoms with Gasteiger partial charge in [-0.3, -0.25) is 14.5 Å². The Kier molecular flexibility index (Phi) is 8.60. The molecule has 1 unspecified atom stereocenters. The van der Waals surface area contributed by atoms with Crippen molar-refractivity contribution < 1.29 is 19.1 Å². The highest BCUT2D eigenvalue weighted by Gasteiger charge is 2.37. The molecule has 1 saturated heterocycles. The molecule has 0 aromatic rings. The predicted molar refractivity (Wildman–Crippen MR) is 108 cm³/mol. The van der Waals surface area contributed by atoms with Gasteiger partial charge in [0.1, 0.15) is 5.76 Å². The first-order chi connectivity index (χ1) is 12.9. The average molecular weight is 395 g/mol. The number of allylic oxidation sites excluding steroid dienone is 2. The van der Waals surface area contributed by atoms with Crippen LogP contribution in [0.2, 0.25) is 0 Å². The second-order valence-electron chi connectivity index (χ2n) is 6.89. The lowest BCUT2D eigenvalue weighted by Gasteiger charge is -2.26. The second-order valence-corrected chi connectivity index (χ2v) is 8.34. The number of thioether (sulfide) groups is 1. The van der Waals surface area contributed by atoms with Crippen molar-refractivity contribution in [1.82, 2.24) is 10.2 Å². The quantitative estimate of drug-likeness (QED) is 0.453. The lowest BCUT2D eigenvalue weighted by Crippen LogP contribution is -2.39. The molecule has 0 radical (unpaired) electrons. The Hall–Kier alpha value is -1.57. The Morgan fingerprint density at radius 2 is 2.22 bits per heavy atom. The molecule has 1 atom stereocenters. The van der Waals surface area contributed by atoms with Crippen LogP contribution in [0.1, 0.15) is 26.7 Å². The Morgan fingerprint density at radius 3 is 2.93 bits per heavy atom. The van der Waals surface area contributed by atoms with E-state index in [2.05, 4.69) is 16.8 Å². The average Bonchev–Trinajstić information content (AvgIpc) is 2.93. The minimum absolute atomic E-state index is 0.00275. The van der Waals surface area contributed by atoms with Crippen molar-refractivity contribution in [1.29, 1.82) is 0 Å². The molecule has 0 aromatic heterocycles. The van der Waals surface area contributed by atoms with Crippen LogP contribution in [0.15, 0.2) is 36.1 Å². The van der Waals surface area contributed by atoms with E-state index >= 15 is 0 Å². The van der Waals surface area contributed by atoms with Crippen LogP contribution in [-0.4, -0.2) is 66.7 Å². The van der Waals surface area contributed by atoms with Crippen molar-refractivity contribution in [2.75, 3.05) is 46.0 Å². The van der Waals surface area contributed by atoms with Crippen LogP contribution in [0.4, 0.5) is 0 Å². The van der Waals surface area contributed by atoms with E-state index in [9.17, 15) is 9.59 Å². The van der Waals surface area contributed by atoms with Crippen molar-refractivity contribution in [2.45, 2.75) is 31.4 Å². The first kappa shape index (κ1) is 21.7. The van der Waals surface area contributed by atoms with Gasteiger partial charge in [-0.05, 0) is 20.3 Å². The number of amides is 1. The van der Waals surface area contributed by atoms with Gasteiger partial charge in [-0.2, -0.15) is 0 Å². The molecule has 0 aromatic carbocycles. The van der Waals surface area contributed by atoms with E-state index in [0.717, 1.165) is 38.4 Å². The maximum absolute atomic E-state index is 11.9. The molecule has 150 valence electrons. The fourth-order valence-electron chi connectivity index (χ4n) is 2.97. The van der Waals surface area contributed by atoms with Crippen LogP contribution in [0.3, 0.4) is 0 Å². The largest absolute Gasteiger partial charge is 0.496 e. The summed E-state index contributed by atoms with van der Waals surface area (Å²) in [5.74, 6) is 0.721. The molecule has 1 amide bonds. The molecule has 6 nitrogen and oxygen atoms in total. The van der Waals surface area contributed by atoms with Crippen LogP contribution < -0.4 is 5.32 Å². The lowest BCUT2D eigenvalue weighted by molar-refractivity contribution is -0.121. The molecular weight excluding hydrogens is 364 g/mol. The van der Waals surface area contributed by atoms with E-state index in [-0.39, 0.29) is 11.0 Å². The molecular formula is C20H30N2O4S. The van der Waals surface area contributed by atoms with Gasteiger partial charge in [0.15, 0.2) is 0 Å². The standard InChI is InChI=1S/C20H30N2O4S/c1-4-16(2)15-20(3)17(14-19(24)27-20)26-11-5-7-21-18(23)6-8-22-9-12-25-13-10-22/h4,14-15H,1,5-13H2,2-3H3,(H,21,23)/b16-15+. The van der Waals surface area contributed by atoms with Crippen LogP contribution in [0.5, 0.6) is 0 Å². The minimum Gasteiger partial charge on any atom is -0.496 e. The van der Waals surface area contributed by atoms with Gasteiger partial charge < -0.3 is 14.8 Å². The Balaban J connectivity index is 1.65.